The van der Waals surface area contributed by atoms with E-state index in [2.05, 4.69) is 0 Å². The minimum Gasteiger partial charge on any atom is -0.478 e. The Balaban J connectivity index is 2.29. The molecule has 1 N–H and O–H groups in total. The lowest BCUT2D eigenvalue weighted by atomic mass is 10.1. The van der Waals surface area contributed by atoms with E-state index in [1.807, 2.05) is 6.07 Å². The number of nitriles is 1. The zero-order valence-electron chi connectivity index (χ0n) is 10.8. The fourth-order valence-corrected chi connectivity index (χ4v) is 1.83. The summed E-state index contributed by atoms with van der Waals surface area (Å²) in [6.07, 6.45) is 2.42. The van der Waals surface area contributed by atoms with Gasteiger partial charge in [-0.15, -0.1) is 0 Å². The van der Waals surface area contributed by atoms with Gasteiger partial charge in [0, 0.05) is 11.1 Å². The highest BCUT2D eigenvalue weighted by atomic mass is 35.5. The van der Waals surface area contributed by atoms with Gasteiger partial charge in [0.15, 0.2) is 0 Å². The molecule has 4 nitrogen and oxygen atoms in total. The third-order valence-electron chi connectivity index (χ3n) is 2.57. The highest BCUT2D eigenvalue weighted by molar-refractivity contribution is 6.30. The van der Waals surface area contributed by atoms with Gasteiger partial charge in [-0.2, -0.15) is 5.26 Å². The Kier molecular flexibility index (Phi) is 4.60. The summed E-state index contributed by atoms with van der Waals surface area (Å²) in [5, 5.41) is 18.3. The van der Waals surface area contributed by atoms with Crippen LogP contribution in [-0.4, -0.2) is 11.1 Å². The largest absolute Gasteiger partial charge is 0.478 e. The zero-order valence-corrected chi connectivity index (χ0v) is 11.5. The molecule has 0 unspecified atom stereocenters. The molecule has 5 heteroatoms. The van der Waals surface area contributed by atoms with Crippen molar-refractivity contribution in [2.24, 2.45) is 0 Å². The molecule has 0 aromatic heterocycles. The van der Waals surface area contributed by atoms with Crippen molar-refractivity contribution in [3.63, 3.8) is 0 Å². The van der Waals surface area contributed by atoms with Crippen molar-refractivity contribution in [1.82, 2.24) is 0 Å². The lowest BCUT2D eigenvalue weighted by molar-refractivity contribution is -0.131. The van der Waals surface area contributed by atoms with E-state index in [0.717, 1.165) is 6.08 Å². The van der Waals surface area contributed by atoms with Crippen LogP contribution in [0.4, 0.5) is 0 Å². The number of carboxylic acids is 1. The lowest BCUT2D eigenvalue weighted by Crippen LogP contribution is -1.90. The number of ether oxygens (including phenoxy) is 1. The second kappa shape index (κ2) is 6.60. The van der Waals surface area contributed by atoms with Crippen LogP contribution in [0.5, 0.6) is 11.5 Å². The molecule has 0 heterocycles. The van der Waals surface area contributed by atoms with Gasteiger partial charge in [-0.1, -0.05) is 23.7 Å². The van der Waals surface area contributed by atoms with Crippen molar-refractivity contribution in [2.75, 3.05) is 0 Å². The van der Waals surface area contributed by atoms with Gasteiger partial charge in [0.2, 0.25) is 0 Å². The van der Waals surface area contributed by atoms with Crippen molar-refractivity contribution in [3.05, 3.63) is 64.7 Å². The summed E-state index contributed by atoms with van der Waals surface area (Å²) >= 11 is 5.87. The van der Waals surface area contributed by atoms with Gasteiger partial charge in [0.1, 0.15) is 17.6 Å². The van der Waals surface area contributed by atoms with E-state index < -0.39 is 5.97 Å². The highest BCUT2D eigenvalue weighted by Crippen LogP contribution is 2.27. The van der Waals surface area contributed by atoms with Gasteiger partial charge in [-0.05, 0) is 42.0 Å². The summed E-state index contributed by atoms with van der Waals surface area (Å²) < 4.78 is 5.61. The summed E-state index contributed by atoms with van der Waals surface area (Å²) in [7, 11) is 0. The van der Waals surface area contributed by atoms with Gasteiger partial charge < -0.3 is 9.84 Å². The number of rotatable bonds is 4. The second-order valence-corrected chi connectivity index (χ2v) is 4.53. The van der Waals surface area contributed by atoms with Crippen molar-refractivity contribution < 1.29 is 14.6 Å². The van der Waals surface area contributed by atoms with Crippen LogP contribution in [0.15, 0.2) is 48.5 Å². The predicted octanol–water partition coefficient (Wildman–Crippen LogP) is 4.10. The van der Waals surface area contributed by atoms with Gasteiger partial charge in [0.25, 0.3) is 0 Å². The van der Waals surface area contributed by atoms with Crippen LogP contribution in [0.25, 0.3) is 6.08 Å². The number of nitrogens with zero attached hydrogens (tertiary/aromatic N) is 1. The van der Waals surface area contributed by atoms with Gasteiger partial charge >= 0.3 is 5.97 Å². The molecule has 0 saturated carbocycles. The van der Waals surface area contributed by atoms with Gasteiger partial charge in [-0.3, -0.25) is 0 Å². The average molecular weight is 300 g/mol. The molecule has 0 atom stereocenters. The molecule has 2 aromatic rings. The molecular weight excluding hydrogens is 290 g/mol. The summed E-state index contributed by atoms with van der Waals surface area (Å²) in [5.74, 6) is -0.146. The van der Waals surface area contributed by atoms with Crippen LogP contribution in [-0.2, 0) is 4.79 Å². The minimum absolute atomic E-state index is 0.308. The van der Waals surface area contributed by atoms with E-state index >= 15 is 0 Å². The molecule has 0 saturated heterocycles. The van der Waals surface area contributed by atoms with Crippen LogP contribution in [0, 0.1) is 11.3 Å². The van der Waals surface area contributed by atoms with E-state index in [1.165, 1.54) is 6.08 Å². The van der Waals surface area contributed by atoms with Crippen LogP contribution in [0.3, 0.4) is 0 Å². The molecule has 21 heavy (non-hydrogen) atoms. The maximum Gasteiger partial charge on any atom is 0.328 e. The Morgan fingerprint density at radius 3 is 2.76 bits per heavy atom. The first kappa shape index (κ1) is 14.6. The van der Waals surface area contributed by atoms with Crippen LogP contribution in [0.2, 0.25) is 5.02 Å². The van der Waals surface area contributed by atoms with Gasteiger partial charge in [-0.25, -0.2) is 4.79 Å². The van der Waals surface area contributed by atoms with Gasteiger partial charge in [0.05, 0.1) is 5.56 Å². The molecule has 0 amide bonds. The molecule has 0 aliphatic heterocycles. The fourth-order valence-electron chi connectivity index (χ4n) is 1.65. The molecule has 0 aliphatic carbocycles. The first-order valence-electron chi connectivity index (χ1n) is 5.97. The Morgan fingerprint density at radius 2 is 2.10 bits per heavy atom. The standard InChI is InChI=1S/C16H10ClNO3/c17-13-2-1-3-14(9-13)21-15-6-4-11(5-7-16(19)20)8-12(15)10-18/h1-9H,(H,19,20)/b7-5+. The third kappa shape index (κ3) is 4.10. The maximum absolute atomic E-state index is 10.5. The zero-order chi connectivity index (χ0) is 15.2. The normalized spacial score (nSPS) is 10.3. The Labute approximate surface area is 126 Å². The Bertz CT molecular complexity index is 747. The Hall–Kier alpha value is -2.77. The third-order valence-corrected chi connectivity index (χ3v) is 2.80. The van der Waals surface area contributed by atoms with Crippen molar-refractivity contribution in [3.8, 4) is 17.6 Å². The summed E-state index contributed by atoms with van der Waals surface area (Å²) in [6.45, 7) is 0. The molecule has 2 rings (SSSR count). The van der Waals surface area contributed by atoms with Crippen LogP contribution in [0.1, 0.15) is 11.1 Å². The molecular formula is C16H10ClNO3. The summed E-state index contributed by atoms with van der Waals surface area (Å²) in [4.78, 5) is 10.5. The number of benzene rings is 2. The van der Waals surface area contributed by atoms with E-state index in [4.69, 9.17) is 26.7 Å². The molecule has 2 aromatic carbocycles. The average Bonchev–Trinajstić information content (AvgIpc) is 2.46. The van der Waals surface area contributed by atoms with E-state index in [9.17, 15) is 4.79 Å². The second-order valence-electron chi connectivity index (χ2n) is 4.10. The first-order chi connectivity index (χ1) is 10.1. The number of aliphatic carboxylic acids is 1. The number of carbonyl (C=O) groups is 1. The van der Waals surface area contributed by atoms with Crippen molar-refractivity contribution >= 4 is 23.6 Å². The Morgan fingerprint density at radius 1 is 1.29 bits per heavy atom. The molecule has 0 spiro atoms. The number of carboxylic acid groups (broad SMARTS) is 1. The fraction of sp³-hybridized carbons (Fsp3) is 0. The topological polar surface area (TPSA) is 70.3 Å². The smallest absolute Gasteiger partial charge is 0.328 e. The van der Waals surface area contributed by atoms with Crippen molar-refractivity contribution in [1.29, 1.82) is 5.26 Å². The molecule has 104 valence electrons. The van der Waals surface area contributed by atoms with Crippen molar-refractivity contribution in [2.45, 2.75) is 0 Å². The summed E-state index contributed by atoms with van der Waals surface area (Å²) in [5.41, 5.74) is 0.912. The summed E-state index contributed by atoms with van der Waals surface area (Å²) in [6, 6.07) is 13.7. The van der Waals surface area contributed by atoms with E-state index in [-0.39, 0.29) is 0 Å². The van der Waals surface area contributed by atoms with Crippen LogP contribution >= 0.6 is 11.6 Å². The van der Waals surface area contributed by atoms with E-state index in [0.29, 0.717) is 27.6 Å². The molecule has 0 radical (unpaired) electrons. The minimum atomic E-state index is -1.05. The van der Waals surface area contributed by atoms with E-state index in [1.54, 1.807) is 42.5 Å². The highest BCUT2D eigenvalue weighted by Gasteiger charge is 2.06. The van der Waals surface area contributed by atoms with Crippen LogP contribution < -0.4 is 4.74 Å². The molecule has 0 bridgehead atoms. The first-order valence-corrected chi connectivity index (χ1v) is 6.35. The predicted molar refractivity (Wildman–Crippen MR) is 79.4 cm³/mol. The maximum atomic E-state index is 10.5. The number of hydrogen-bond donors (Lipinski definition) is 1. The monoisotopic (exact) mass is 299 g/mol. The molecule has 0 aliphatic rings. The number of halogens is 1. The molecule has 0 fully saturated rings. The lowest BCUT2D eigenvalue weighted by Gasteiger charge is -2.08. The SMILES string of the molecule is N#Cc1cc(/C=C/C(=O)O)ccc1Oc1cccc(Cl)c1. The number of hydrogen-bond acceptors (Lipinski definition) is 3. The quantitative estimate of drug-likeness (QED) is 0.863.